The van der Waals surface area contributed by atoms with Gasteiger partial charge in [-0.15, -0.1) is 0 Å². The molecular formula is C17H22Br2N2O4. The molecular weight excluding hydrogens is 456 g/mol. The van der Waals surface area contributed by atoms with Crippen molar-refractivity contribution in [3.8, 4) is 0 Å². The van der Waals surface area contributed by atoms with Gasteiger partial charge in [-0.1, -0.05) is 15.9 Å². The number of anilines is 1. The van der Waals surface area contributed by atoms with Crippen LogP contribution in [0.4, 0.5) is 5.69 Å². The van der Waals surface area contributed by atoms with E-state index in [1.54, 1.807) is 0 Å². The molecule has 0 radical (unpaired) electrons. The Bertz CT molecular complexity index is 631. The second-order valence-corrected chi connectivity index (χ2v) is 8.02. The number of amides is 1. The highest BCUT2D eigenvalue weighted by Crippen LogP contribution is 2.31. The Labute approximate surface area is 163 Å². The summed E-state index contributed by atoms with van der Waals surface area (Å²) >= 11 is 6.91. The third kappa shape index (κ3) is 6.69. The van der Waals surface area contributed by atoms with Gasteiger partial charge in [0.2, 0.25) is 5.91 Å². The van der Waals surface area contributed by atoms with Crippen LogP contribution in [0.3, 0.4) is 0 Å². The van der Waals surface area contributed by atoms with E-state index in [1.165, 1.54) is 0 Å². The first kappa shape index (κ1) is 20.4. The molecule has 1 aliphatic carbocycles. The second kappa shape index (κ2) is 9.66. The van der Waals surface area contributed by atoms with Gasteiger partial charge in [-0.25, -0.2) is 0 Å². The van der Waals surface area contributed by atoms with Gasteiger partial charge >= 0.3 is 5.97 Å². The molecule has 1 aromatic rings. The predicted molar refractivity (Wildman–Crippen MR) is 102 cm³/mol. The van der Waals surface area contributed by atoms with Crippen molar-refractivity contribution >= 4 is 49.4 Å². The Balaban J connectivity index is 2.03. The molecule has 4 N–H and O–H groups in total. The van der Waals surface area contributed by atoms with Crippen LogP contribution in [-0.4, -0.2) is 34.2 Å². The van der Waals surface area contributed by atoms with Crippen LogP contribution in [0.5, 0.6) is 0 Å². The van der Waals surface area contributed by atoms with E-state index in [1.807, 2.05) is 12.1 Å². The molecule has 1 amide bonds. The lowest BCUT2D eigenvalue weighted by Gasteiger charge is -2.27. The van der Waals surface area contributed by atoms with Gasteiger partial charge in [-0.3, -0.25) is 9.59 Å². The Morgan fingerprint density at radius 3 is 2.44 bits per heavy atom. The minimum absolute atomic E-state index is 0.0643. The number of carbonyl (C=O) groups excluding carboxylic acids is 1. The summed E-state index contributed by atoms with van der Waals surface area (Å²) in [5.74, 6) is -1.32. The summed E-state index contributed by atoms with van der Waals surface area (Å²) in [6.07, 6.45) is 3.01. The fourth-order valence-corrected chi connectivity index (χ4v) is 4.28. The number of benzene rings is 1. The van der Waals surface area contributed by atoms with Gasteiger partial charge in [-0.05, 0) is 59.3 Å². The minimum Gasteiger partial charge on any atom is -0.481 e. The summed E-state index contributed by atoms with van der Waals surface area (Å²) < 4.78 is 1.63. The maximum Gasteiger partial charge on any atom is 0.303 e. The fourth-order valence-electron chi connectivity index (χ4n) is 2.86. The van der Waals surface area contributed by atoms with E-state index in [0.717, 1.165) is 40.2 Å². The number of carbonyl (C=O) groups is 2. The van der Waals surface area contributed by atoms with Crippen LogP contribution in [0.2, 0.25) is 0 Å². The molecule has 0 unspecified atom stereocenters. The average Bonchev–Trinajstić information content (AvgIpc) is 2.55. The van der Waals surface area contributed by atoms with Crippen LogP contribution in [-0.2, 0) is 16.1 Å². The zero-order valence-electron chi connectivity index (χ0n) is 13.7. The van der Waals surface area contributed by atoms with E-state index < -0.39 is 5.97 Å². The van der Waals surface area contributed by atoms with E-state index in [9.17, 15) is 14.7 Å². The first-order valence-corrected chi connectivity index (χ1v) is 9.84. The van der Waals surface area contributed by atoms with Crippen molar-refractivity contribution in [2.45, 2.75) is 57.2 Å². The van der Waals surface area contributed by atoms with E-state index in [4.69, 9.17) is 5.11 Å². The SMILES string of the molecule is O=C(O)CCC(=O)Nc1c(Br)cc(Br)cc1CNC1CCC(O)CC1. The average molecular weight is 478 g/mol. The Hall–Kier alpha value is -0.960. The topological polar surface area (TPSA) is 98.7 Å². The number of hydrogen-bond donors (Lipinski definition) is 4. The number of carboxylic acid groups (broad SMARTS) is 1. The number of aliphatic hydroxyl groups is 1. The largest absolute Gasteiger partial charge is 0.481 e. The van der Waals surface area contributed by atoms with Crippen molar-refractivity contribution in [1.82, 2.24) is 5.32 Å². The molecule has 0 spiro atoms. The molecule has 0 atom stereocenters. The number of aliphatic carboxylic acids is 1. The first-order chi connectivity index (χ1) is 11.8. The van der Waals surface area contributed by atoms with Crippen LogP contribution in [0.15, 0.2) is 21.1 Å². The van der Waals surface area contributed by atoms with Gasteiger partial charge in [0.25, 0.3) is 0 Å². The first-order valence-electron chi connectivity index (χ1n) is 8.26. The zero-order valence-corrected chi connectivity index (χ0v) is 16.9. The number of hydrogen-bond acceptors (Lipinski definition) is 4. The molecule has 138 valence electrons. The summed E-state index contributed by atoms with van der Waals surface area (Å²) in [6, 6.07) is 4.12. The summed E-state index contributed by atoms with van der Waals surface area (Å²) in [4.78, 5) is 22.6. The molecule has 25 heavy (non-hydrogen) atoms. The van der Waals surface area contributed by atoms with Gasteiger partial charge < -0.3 is 20.8 Å². The smallest absolute Gasteiger partial charge is 0.303 e. The van der Waals surface area contributed by atoms with Gasteiger partial charge in [0.1, 0.15) is 0 Å². The van der Waals surface area contributed by atoms with E-state index in [2.05, 4.69) is 42.5 Å². The maximum absolute atomic E-state index is 12.0. The van der Waals surface area contributed by atoms with Gasteiger partial charge in [0, 0.05) is 28.0 Å². The highest BCUT2D eigenvalue weighted by atomic mass is 79.9. The van der Waals surface area contributed by atoms with Crippen molar-refractivity contribution < 1.29 is 19.8 Å². The normalized spacial score (nSPS) is 20.3. The standard InChI is InChI=1S/C17H22Br2N2O4/c18-11-7-10(9-20-12-1-3-13(22)4-2-12)17(14(19)8-11)21-15(23)5-6-16(24)25/h7-8,12-13,20,22H,1-6,9H2,(H,21,23)(H,24,25). The van der Waals surface area contributed by atoms with Crippen LogP contribution < -0.4 is 10.6 Å². The Morgan fingerprint density at radius 1 is 1.12 bits per heavy atom. The molecule has 1 fully saturated rings. The van der Waals surface area contributed by atoms with Crippen LogP contribution in [0.1, 0.15) is 44.1 Å². The zero-order chi connectivity index (χ0) is 18.4. The summed E-state index contributed by atoms with van der Waals surface area (Å²) in [6.45, 7) is 0.577. The number of aliphatic hydroxyl groups excluding tert-OH is 1. The predicted octanol–water partition coefficient (Wildman–Crippen LogP) is 3.41. The Kier molecular flexibility index (Phi) is 7.86. The lowest BCUT2D eigenvalue weighted by atomic mass is 9.93. The minimum atomic E-state index is -0.994. The summed E-state index contributed by atoms with van der Waals surface area (Å²) in [5, 5.41) is 24.6. The van der Waals surface area contributed by atoms with Gasteiger partial charge in [0.15, 0.2) is 0 Å². The number of nitrogens with one attached hydrogen (secondary N) is 2. The van der Waals surface area contributed by atoms with E-state index in [0.29, 0.717) is 18.3 Å². The van der Waals surface area contributed by atoms with Crippen molar-refractivity contribution in [1.29, 1.82) is 0 Å². The highest BCUT2D eigenvalue weighted by Gasteiger charge is 2.20. The van der Waals surface area contributed by atoms with Crippen molar-refractivity contribution in [3.63, 3.8) is 0 Å². The molecule has 0 aliphatic heterocycles. The quantitative estimate of drug-likeness (QED) is 0.482. The lowest BCUT2D eigenvalue weighted by molar-refractivity contribution is -0.138. The van der Waals surface area contributed by atoms with Crippen molar-refractivity contribution in [2.24, 2.45) is 0 Å². The molecule has 0 bridgehead atoms. The van der Waals surface area contributed by atoms with Crippen molar-refractivity contribution in [3.05, 3.63) is 26.6 Å². The Morgan fingerprint density at radius 2 is 1.80 bits per heavy atom. The second-order valence-electron chi connectivity index (χ2n) is 6.25. The molecule has 6 nitrogen and oxygen atoms in total. The molecule has 8 heteroatoms. The molecule has 1 aliphatic rings. The number of rotatable bonds is 7. The van der Waals surface area contributed by atoms with Crippen molar-refractivity contribution in [2.75, 3.05) is 5.32 Å². The summed E-state index contributed by atoms with van der Waals surface area (Å²) in [5.41, 5.74) is 1.57. The summed E-state index contributed by atoms with van der Waals surface area (Å²) in [7, 11) is 0. The third-order valence-electron chi connectivity index (χ3n) is 4.24. The van der Waals surface area contributed by atoms with Gasteiger partial charge in [-0.2, -0.15) is 0 Å². The fraction of sp³-hybridized carbons (Fsp3) is 0.529. The van der Waals surface area contributed by atoms with E-state index in [-0.39, 0.29) is 24.9 Å². The lowest BCUT2D eigenvalue weighted by Crippen LogP contribution is -2.34. The number of halogens is 2. The molecule has 2 rings (SSSR count). The van der Waals surface area contributed by atoms with Crippen LogP contribution >= 0.6 is 31.9 Å². The van der Waals surface area contributed by atoms with Gasteiger partial charge in [0.05, 0.1) is 18.2 Å². The molecule has 0 saturated heterocycles. The molecule has 0 aromatic heterocycles. The molecule has 1 saturated carbocycles. The maximum atomic E-state index is 12.0. The molecule has 1 aromatic carbocycles. The molecule has 0 heterocycles. The van der Waals surface area contributed by atoms with E-state index >= 15 is 0 Å². The van der Waals surface area contributed by atoms with Crippen LogP contribution in [0, 0.1) is 0 Å². The monoisotopic (exact) mass is 476 g/mol. The van der Waals surface area contributed by atoms with Crippen LogP contribution in [0.25, 0.3) is 0 Å². The third-order valence-corrected chi connectivity index (χ3v) is 5.33. The highest BCUT2D eigenvalue weighted by molar-refractivity contribution is 9.11. The number of carboxylic acids is 1.